The molecule has 106 valence electrons. The zero-order valence-corrected chi connectivity index (χ0v) is 12.3. The van der Waals surface area contributed by atoms with E-state index in [9.17, 15) is 13.2 Å². The second-order valence-corrected chi connectivity index (χ2v) is 7.44. The molecule has 2 rings (SSSR count). The molecule has 2 N–H and O–H groups in total. The van der Waals surface area contributed by atoms with Gasteiger partial charge in [-0.1, -0.05) is 0 Å². The average Bonchev–Trinajstić information content (AvgIpc) is 2.77. The second-order valence-electron chi connectivity index (χ2n) is 4.59. The summed E-state index contributed by atoms with van der Waals surface area (Å²) in [7, 11) is -3.58. The molecule has 1 aliphatic heterocycles. The minimum Gasteiger partial charge on any atom is -0.373 e. The van der Waals surface area contributed by atoms with Gasteiger partial charge in [0.2, 0.25) is 10.0 Å². The Kier molecular flexibility index (Phi) is 3.95. The molecule has 1 saturated heterocycles. The average molecular weight is 304 g/mol. The number of morpholine rings is 1. The van der Waals surface area contributed by atoms with Crippen LogP contribution in [-0.2, 0) is 14.8 Å². The minimum absolute atomic E-state index is 0.118. The van der Waals surface area contributed by atoms with Gasteiger partial charge in [-0.15, -0.1) is 11.3 Å². The van der Waals surface area contributed by atoms with Gasteiger partial charge in [0.1, 0.15) is 0 Å². The summed E-state index contributed by atoms with van der Waals surface area (Å²) in [5.41, 5.74) is 5.14. The number of hydrogen-bond donors (Lipinski definition) is 1. The predicted octanol–water partition coefficient (Wildman–Crippen LogP) is 0.645. The normalized spacial score (nSPS) is 25.4. The Labute approximate surface area is 116 Å². The smallest absolute Gasteiger partial charge is 0.258 e. The lowest BCUT2D eigenvalue weighted by molar-refractivity contribution is -0.0440. The summed E-state index contributed by atoms with van der Waals surface area (Å²) in [5, 5.41) is 1.44. The fourth-order valence-corrected chi connectivity index (χ4v) is 4.76. The first kappa shape index (κ1) is 14.4. The highest BCUT2D eigenvalue weighted by Crippen LogP contribution is 2.25. The molecule has 2 heterocycles. The van der Waals surface area contributed by atoms with E-state index < -0.39 is 15.9 Å². The van der Waals surface area contributed by atoms with Gasteiger partial charge in [-0.2, -0.15) is 4.31 Å². The van der Waals surface area contributed by atoms with Gasteiger partial charge in [-0.3, -0.25) is 4.79 Å². The van der Waals surface area contributed by atoms with Crippen molar-refractivity contribution in [1.29, 1.82) is 0 Å². The molecule has 0 radical (unpaired) electrons. The lowest BCUT2D eigenvalue weighted by atomic mass is 10.3. The number of thiophene rings is 1. The van der Waals surface area contributed by atoms with Gasteiger partial charge in [0.05, 0.1) is 22.0 Å². The van der Waals surface area contributed by atoms with Crippen LogP contribution in [0.25, 0.3) is 0 Å². The van der Waals surface area contributed by atoms with Gasteiger partial charge in [0.15, 0.2) is 0 Å². The molecule has 1 aromatic heterocycles. The molecule has 1 fully saturated rings. The van der Waals surface area contributed by atoms with Crippen molar-refractivity contribution in [2.45, 2.75) is 31.0 Å². The van der Waals surface area contributed by atoms with Crippen molar-refractivity contribution < 1.29 is 17.9 Å². The zero-order chi connectivity index (χ0) is 14.2. The van der Waals surface area contributed by atoms with Crippen LogP contribution in [0, 0.1) is 0 Å². The predicted molar refractivity (Wildman–Crippen MR) is 71.6 cm³/mol. The summed E-state index contributed by atoms with van der Waals surface area (Å²) in [6.07, 6.45) is -0.291. The standard InChI is InChI=1S/C11H16N2O4S2/c1-7-4-13(5-8(2)17-7)19(15,16)9-3-10(11(12)14)18-6-9/h3,6-8H,4-5H2,1-2H3,(H2,12,14)/t7-,8-/m0/s1. The van der Waals surface area contributed by atoms with Gasteiger partial charge in [-0.25, -0.2) is 8.42 Å². The Balaban J connectivity index is 2.28. The highest BCUT2D eigenvalue weighted by molar-refractivity contribution is 7.89. The van der Waals surface area contributed by atoms with Crippen LogP contribution in [0.2, 0.25) is 0 Å². The molecule has 0 bridgehead atoms. The molecule has 19 heavy (non-hydrogen) atoms. The van der Waals surface area contributed by atoms with Crippen molar-refractivity contribution in [3.05, 3.63) is 16.3 Å². The summed E-state index contributed by atoms with van der Waals surface area (Å²) in [6.45, 7) is 4.30. The van der Waals surface area contributed by atoms with Crippen molar-refractivity contribution in [3.8, 4) is 0 Å². The second kappa shape index (κ2) is 5.20. The maximum atomic E-state index is 12.4. The van der Waals surface area contributed by atoms with Crippen LogP contribution in [0.15, 0.2) is 16.3 Å². The molecule has 2 atom stereocenters. The van der Waals surface area contributed by atoms with Gasteiger partial charge >= 0.3 is 0 Å². The monoisotopic (exact) mass is 304 g/mol. The number of nitrogens with two attached hydrogens (primary N) is 1. The van der Waals surface area contributed by atoms with E-state index in [1.807, 2.05) is 13.8 Å². The summed E-state index contributed by atoms with van der Waals surface area (Å²) in [4.78, 5) is 11.4. The number of hydrogen-bond acceptors (Lipinski definition) is 5. The topological polar surface area (TPSA) is 89.7 Å². The van der Waals surface area contributed by atoms with Crippen molar-refractivity contribution in [1.82, 2.24) is 4.31 Å². The van der Waals surface area contributed by atoms with Crippen LogP contribution >= 0.6 is 11.3 Å². The molecule has 6 nitrogen and oxygen atoms in total. The lowest BCUT2D eigenvalue weighted by Gasteiger charge is -2.34. The van der Waals surface area contributed by atoms with Crippen molar-refractivity contribution in [2.24, 2.45) is 5.73 Å². The third-order valence-corrected chi connectivity index (χ3v) is 5.75. The van der Waals surface area contributed by atoms with Gasteiger partial charge in [-0.05, 0) is 19.9 Å². The SMILES string of the molecule is C[C@H]1CN(S(=O)(=O)c2csc(C(N)=O)c2)C[C@H](C)O1. The van der Waals surface area contributed by atoms with E-state index in [1.165, 1.54) is 15.8 Å². The molecule has 1 amide bonds. The molecule has 0 unspecified atom stereocenters. The first-order chi connectivity index (χ1) is 8.80. The van der Waals surface area contributed by atoms with Crippen molar-refractivity contribution in [3.63, 3.8) is 0 Å². The van der Waals surface area contributed by atoms with Gasteiger partial charge < -0.3 is 10.5 Å². The summed E-state index contributed by atoms with van der Waals surface area (Å²) >= 11 is 1.04. The number of ether oxygens (including phenoxy) is 1. The number of sulfonamides is 1. The molecule has 1 aliphatic rings. The number of rotatable bonds is 3. The maximum Gasteiger partial charge on any atom is 0.258 e. The fourth-order valence-electron chi connectivity index (χ4n) is 2.06. The first-order valence-corrected chi connectivity index (χ1v) is 8.16. The van der Waals surface area contributed by atoms with Crippen molar-refractivity contribution in [2.75, 3.05) is 13.1 Å². The highest BCUT2D eigenvalue weighted by atomic mass is 32.2. The molecular weight excluding hydrogens is 288 g/mol. The van der Waals surface area contributed by atoms with Crippen LogP contribution in [0.5, 0.6) is 0 Å². The van der Waals surface area contributed by atoms with E-state index in [0.717, 1.165) is 11.3 Å². The van der Waals surface area contributed by atoms with E-state index in [4.69, 9.17) is 10.5 Å². The molecular formula is C11H16N2O4S2. The minimum atomic E-state index is -3.58. The van der Waals surface area contributed by atoms with Crippen LogP contribution in [0.3, 0.4) is 0 Å². The third-order valence-electron chi connectivity index (χ3n) is 2.84. The number of primary amides is 1. The Morgan fingerprint density at radius 2 is 2.00 bits per heavy atom. The largest absolute Gasteiger partial charge is 0.373 e. The van der Waals surface area contributed by atoms with Gasteiger partial charge in [0, 0.05) is 18.5 Å². The molecule has 0 aromatic carbocycles. The number of nitrogens with zero attached hydrogens (tertiary/aromatic N) is 1. The van der Waals surface area contributed by atoms with E-state index in [-0.39, 0.29) is 22.0 Å². The summed E-state index contributed by atoms with van der Waals surface area (Å²) < 4.78 is 31.8. The van der Waals surface area contributed by atoms with E-state index in [0.29, 0.717) is 13.1 Å². The Morgan fingerprint density at radius 3 is 2.47 bits per heavy atom. The van der Waals surface area contributed by atoms with Crippen LogP contribution < -0.4 is 5.73 Å². The van der Waals surface area contributed by atoms with Crippen LogP contribution in [0.1, 0.15) is 23.5 Å². The first-order valence-electron chi connectivity index (χ1n) is 5.84. The Morgan fingerprint density at radius 1 is 1.42 bits per heavy atom. The molecule has 8 heteroatoms. The Bertz CT molecular complexity index is 571. The van der Waals surface area contributed by atoms with Crippen molar-refractivity contribution >= 4 is 27.3 Å². The molecule has 0 spiro atoms. The number of carbonyl (C=O) groups is 1. The van der Waals surface area contributed by atoms with E-state index in [1.54, 1.807) is 0 Å². The molecule has 0 aliphatic carbocycles. The summed E-state index contributed by atoms with van der Waals surface area (Å²) in [6, 6.07) is 1.33. The lowest BCUT2D eigenvalue weighted by Crippen LogP contribution is -2.47. The number of amides is 1. The third kappa shape index (κ3) is 2.97. The molecule has 1 aromatic rings. The highest BCUT2D eigenvalue weighted by Gasteiger charge is 2.32. The van der Waals surface area contributed by atoms with Crippen LogP contribution in [-0.4, -0.2) is 43.9 Å². The quantitative estimate of drug-likeness (QED) is 0.887. The maximum absolute atomic E-state index is 12.4. The van der Waals surface area contributed by atoms with Gasteiger partial charge in [0.25, 0.3) is 5.91 Å². The molecule has 0 saturated carbocycles. The number of carbonyl (C=O) groups excluding carboxylic acids is 1. The van der Waals surface area contributed by atoms with Crippen LogP contribution in [0.4, 0.5) is 0 Å². The van der Waals surface area contributed by atoms with E-state index >= 15 is 0 Å². The zero-order valence-electron chi connectivity index (χ0n) is 10.7. The van der Waals surface area contributed by atoms with E-state index in [2.05, 4.69) is 0 Å². The fraction of sp³-hybridized carbons (Fsp3) is 0.545. The summed E-state index contributed by atoms with van der Waals surface area (Å²) in [5.74, 6) is -0.616. The Hall–Kier alpha value is -0.960.